The molecule has 4 nitrogen and oxygen atoms in total. The standard InChI is InChI=1S/C14H15N3OS/c18-14(12-10-19-9-8-15-12)13-6-7-16-17(13)11-4-2-1-3-5-11/h1-7,12,15H,8-10H2. The van der Waals surface area contributed by atoms with Crippen LogP contribution < -0.4 is 5.32 Å². The first-order valence-electron chi connectivity index (χ1n) is 6.31. The Morgan fingerprint density at radius 3 is 2.89 bits per heavy atom. The van der Waals surface area contributed by atoms with E-state index in [0.29, 0.717) is 5.69 Å². The molecule has 0 radical (unpaired) electrons. The second kappa shape index (κ2) is 5.59. The zero-order valence-corrected chi connectivity index (χ0v) is 11.3. The van der Waals surface area contributed by atoms with Crippen molar-refractivity contribution in [2.24, 2.45) is 0 Å². The maximum atomic E-state index is 12.5. The number of hydrogen-bond acceptors (Lipinski definition) is 4. The van der Waals surface area contributed by atoms with Crippen LogP contribution in [0.15, 0.2) is 42.6 Å². The van der Waals surface area contributed by atoms with Crippen LogP contribution in [0.2, 0.25) is 0 Å². The molecular weight excluding hydrogens is 258 g/mol. The van der Waals surface area contributed by atoms with Crippen LogP contribution in [0.1, 0.15) is 10.5 Å². The molecule has 0 bridgehead atoms. The van der Waals surface area contributed by atoms with Gasteiger partial charge in [0.15, 0.2) is 5.78 Å². The van der Waals surface area contributed by atoms with Crippen molar-refractivity contribution in [2.75, 3.05) is 18.1 Å². The van der Waals surface area contributed by atoms with E-state index in [-0.39, 0.29) is 11.8 Å². The first-order valence-corrected chi connectivity index (χ1v) is 7.46. The van der Waals surface area contributed by atoms with Crippen molar-refractivity contribution in [3.05, 3.63) is 48.3 Å². The van der Waals surface area contributed by atoms with E-state index >= 15 is 0 Å². The highest BCUT2D eigenvalue weighted by molar-refractivity contribution is 7.99. The van der Waals surface area contributed by atoms with Crippen molar-refractivity contribution in [1.29, 1.82) is 0 Å². The maximum Gasteiger partial charge on any atom is 0.198 e. The Labute approximate surface area is 116 Å². The first-order chi connectivity index (χ1) is 9.36. The molecule has 0 spiro atoms. The molecule has 3 rings (SSSR count). The van der Waals surface area contributed by atoms with Crippen LogP contribution in [0.25, 0.3) is 5.69 Å². The summed E-state index contributed by atoms with van der Waals surface area (Å²) < 4.78 is 1.71. The number of thioether (sulfide) groups is 1. The third kappa shape index (κ3) is 2.57. The van der Waals surface area contributed by atoms with E-state index in [1.165, 1.54) is 0 Å². The van der Waals surface area contributed by atoms with E-state index in [0.717, 1.165) is 23.7 Å². The van der Waals surface area contributed by atoms with Gasteiger partial charge < -0.3 is 5.32 Å². The van der Waals surface area contributed by atoms with E-state index in [2.05, 4.69) is 10.4 Å². The average molecular weight is 273 g/mol. The molecule has 0 amide bonds. The zero-order chi connectivity index (χ0) is 13.1. The van der Waals surface area contributed by atoms with Crippen molar-refractivity contribution >= 4 is 17.5 Å². The maximum absolute atomic E-state index is 12.5. The molecule has 1 fully saturated rings. The van der Waals surface area contributed by atoms with Crippen LogP contribution in [0, 0.1) is 0 Å². The number of ketones is 1. The van der Waals surface area contributed by atoms with Gasteiger partial charge in [0.1, 0.15) is 5.69 Å². The lowest BCUT2D eigenvalue weighted by atomic mass is 10.1. The predicted octanol–water partition coefficient (Wildman–Crippen LogP) is 1.76. The fourth-order valence-corrected chi connectivity index (χ4v) is 3.11. The highest BCUT2D eigenvalue weighted by atomic mass is 32.2. The molecule has 1 unspecified atom stereocenters. The van der Waals surface area contributed by atoms with E-state index < -0.39 is 0 Å². The highest BCUT2D eigenvalue weighted by Crippen LogP contribution is 2.15. The van der Waals surface area contributed by atoms with E-state index in [9.17, 15) is 4.79 Å². The second-order valence-corrected chi connectivity index (χ2v) is 5.56. The molecule has 1 aromatic heterocycles. The fraction of sp³-hybridized carbons (Fsp3) is 0.286. The van der Waals surface area contributed by atoms with Gasteiger partial charge in [-0.3, -0.25) is 4.79 Å². The van der Waals surface area contributed by atoms with Gasteiger partial charge in [0.2, 0.25) is 0 Å². The quantitative estimate of drug-likeness (QED) is 0.866. The van der Waals surface area contributed by atoms with Crippen LogP contribution in [0.3, 0.4) is 0 Å². The van der Waals surface area contributed by atoms with Crippen LogP contribution in [0.4, 0.5) is 0 Å². The summed E-state index contributed by atoms with van der Waals surface area (Å²) in [6.45, 7) is 0.889. The van der Waals surface area contributed by atoms with Gasteiger partial charge in [-0.25, -0.2) is 4.68 Å². The highest BCUT2D eigenvalue weighted by Gasteiger charge is 2.25. The number of nitrogens with one attached hydrogen (secondary N) is 1. The number of carbonyl (C=O) groups excluding carboxylic acids is 1. The van der Waals surface area contributed by atoms with Gasteiger partial charge in [0.25, 0.3) is 0 Å². The molecule has 1 aromatic carbocycles. The van der Waals surface area contributed by atoms with Crippen molar-refractivity contribution in [3.63, 3.8) is 0 Å². The van der Waals surface area contributed by atoms with E-state index in [4.69, 9.17) is 0 Å². The Hall–Kier alpha value is -1.59. The Morgan fingerprint density at radius 2 is 2.16 bits per heavy atom. The van der Waals surface area contributed by atoms with Gasteiger partial charge in [-0.2, -0.15) is 16.9 Å². The zero-order valence-electron chi connectivity index (χ0n) is 10.5. The summed E-state index contributed by atoms with van der Waals surface area (Å²) in [6.07, 6.45) is 1.68. The van der Waals surface area contributed by atoms with Crippen molar-refractivity contribution in [3.8, 4) is 5.69 Å². The predicted molar refractivity (Wildman–Crippen MR) is 77.0 cm³/mol. The van der Waals surface area contributed by atoms with Crippen LogP contribution >= 0.6 is 11.8 Å². The number of Topliss-reactive ketones (excluding diaryl/α,β-unsaturated/α-hetero) is 1. The molecule has 1 saturated heterocycles. The van der Waals surface area contributed by atoms with Gasteiger partial charge in [-0.1, -0.05) is 18.2 Å². The molecular formula is C14H15N3OS. The molecule has 2 aromatic rings. The van der Waals surface area contributed by atoms with Gasteiger partial charge >= 0.3 is 0 Å². The van der Waals surface area contributed by atoms with Crippen LogP contribution in [-0.2, 0) is 0 Å². The molecule has 2 heterocycles. The molecule has 0 saturated carbocycles. The number of rotatable bonds is 3. The topological polar surface area (TPSA) is 46.9 Å². The summed E-state index contributed by atoms with van der Waals surface area (Å²) in [5.41, 5.74) is 1.56. The average Bonchev–Trinajstić information content (AvgIpc) is 2.98. The lowest BCUT2D eigenvalue weighted by Gasteiger charge is -2.22. The Balaban J connectivity index is 1.89. The van der Waals surface area contributed by atoms with Gasteiger partial charge in [-0.05, 0) is 18.2 Å². The summed E-state index contributed by atoms with van der Waals surface area (Å²) >= 11 is 1.82. The van der Waals surface area contributed by atoms with Gasteiger partial charge in [-0.15, -0.1) is 0 Å². The minimum Gasteiger partial charge on any atom is -0.306 e. The molecule has 0 aliphatic carbocycles. The summed E-state index contributed by atoms with van der Waals surface area (Å²) in [4.78, 5) is 12.5. The Kier molecular flexibility index (Phi) is 3.66. The monoisotopic (exact) mass is 273 g/mol. The van der Waals surface area contributed by atoms with Crippen molar-refractivity contribution in [2.45, 2.75) is 6.04 Å². The fourth-order valence-electron chi connectivity index (χ4n) is 2.18. The van der Waals surface area contributed by atoms with Crippen LogP contribution in [0.5, 0.6) is 0 Å². The Morgan fingerprint density at radius 1 is 1.32 bits per heavy atom. The number of carbonyl (C=O) groups is 1. The number of aromatic nitrogens is 2. The molecule has 1 N–H and O–H groups in total. The van der Waals surface area contributed by atoms with E-state index in [1.807, 2.05) is 42.1 Å². The molecule has 98 valence electrons. The Bertz CT molecular complexity index is 561. The van der Waals surface area contributed by atoms with Crippen molar-refractivity contribution < 1.29 is 4.79 Å². The minimum atomic E-state index is -0.0992. The van der Waals surface area contributed by atoms with Gasteiger partial charge in [0, 0.05) is 18.1 Å². The van der Waals surface area contributed by atoms with E-state index in [1.54, 1.807) is 16.9 Å². The normalized spacial score (nSPS) is 19.3. The number of para-hydroxylation sites is 1. The summed E-state index contributed by atoms with van der Waals surface area (Å²) in [5, 5.41) is 7.54. The second-order valence-electron chi connectivity index (χ2n) is 4.41. The number of nitrogens with zero attached hydrogens (tertiary/aromatic N) is 2. The molecule has 1 aliphatic heterocycles. The first kappa shape index (κ1) is 12.4. The lowest BCUT2D eigenvalue weighted by Crippen LogP contribution is -2.44. The SMILES string of the molecule is O=C(c1ccnn1-c1ccccc1)C1CSCCN1. The minimum absolute atomic E-state index is 0.0992. The smallest absolute Gasteiger partial charge is 0.198 e. The molecule has 1 aliphatic rings. The molecule has 5 heteroatoms. The van der Waals surface area contributed by atoms with Gasteiger partial charge in [0.05, 0.1) is 17.9 Å². The number of benzene rings is 1. The third-order valence-electron chi connectivity index (χ3n) is 3.13. The number of hydrogen-bond donors (Lipinski definition) is 1. The summed E-state index contributed by atoms with van der Waals surface area (Å²) in [6, 6.07) is 11.4. The lowest BCUT2D eigenvalue weighted by molar-refractivity contribution is 0.0945. The largest absolute Gasteiger partial charge is 0.306 e. The summed E-state index contributed by atoms with van der Waals surface area (Å²) in [7, 11) is 0. The van der Waals surface area contributed by atoms with Crippen molar-refractivity contribution in [1.82, 2.24) is 15.1 Å². The molecule has 19 heavy (non-hydrogen) atoms. The summed E-state index contributed by atoms with van der Waals surface area (Å²) in [5.74, 6) is 2.02. The third-order valence-corrected chi connectivity index (χ3v) is 4.20. The molecule has 1 atom stereocenters. The van der Waals surface area contributed by atoms with Crippen LogP contribution in [-0.4, -0.2) is 39.7 Å².